The quantitative estimate of drug-likeness (QED) is 0.0665. The lowest BCUT2D eigenvalue weighted by Crippen LogP contribution is -2.39. The van der Waals surface area contributed by atoms with Crippen LogP contribution < -0.4 is 0 Å². The summed E-state index contributed by atoms with van der Waals surface area (Å²) in [5.74, 6) is 0.626. The Kier molecular flexibility index (Phi) is 13.0. The smallest absolute Gasteiger partial charge is 0.409 e. The van der Waals surface area contributed by atoms with E-state index >= 15 is 0 Å². The molecule has 11 nitrogen and oxygen atoms in total. The number of unbranched alkanes of at least 4 members (excludes halogenated alkanes) is 1. The number of ether oxygens (including phenoxy) is 1. The fourth-order valence-electron chi connectivity index (χ4n) is 8.30. The Labute approximate surface area is 362 Å². The van der Waals surface area contributed by atoms with Crippen LogP contribution in [0.5, 0.6) is 0 Å². The summed E-state index contributed by atoms with van der Waals surface area (Å²) in [5.41, 5.74) is 7.91. The first-order valence-corrected chi connectivity index (χ1v) is 21.3. The van der Waals surface area contributed by atoms with Crippen LogP contribution in [0.25, 0.3) is 22.5 Å². The SMILES string of the molecule is CCCCC1=NN(CCCN(C)C(=O)OCc2ccccc2)[N+](=O)C1Cc1ccc(-c2ccccc2-c2nnnn2C(c2ccccc2)(c2ccccc2)c2ccccc2)cc1. The van der Waals surface area contributed by atoms with Crippen LogP contribution in [0, 0.1) is 4.91 Å². The molecule has 1 amide bonds. The fourth-order valence-corrected chi connectivity index (χ4v) is 8.30. The summed E-state index contributed by atoms with van der Waals surface area (Å²) in [6.07, 6.45) is 3.38. The van der Waals surface area contributed by atoms with Gasteiger partial charge in [-0.1, -0.05) is 183 Å². The Bertz CT molecular complexity index is 2490. The zero-order valence-corrected chi connectivity index (χ0v) is 35.2. The van der Waals surface area contributed by atoms with Crippen molar-refractivity contribution in [3.8, 4) is 22.5 Å². The van der Waals surface area contributed by atoms with E-state index < -0.39 is 17.7 Å². The number of nitrogens with zero attached hydrogens (tertiary/aromatic N) is 8. The highest BCUT2D eigenvalue weighted by Crippen LogP contribution is 2.43. The molecule has 0 N–H and O–H groups in total. The number of hydrogen-bond donors (Lipinski definition) is 0. The molecule has 0 aliphatic carbocycles. The monoisotopic (exact) mass is 823 g/mol. The topological polar surface area (TPSA) is 109 Å². The molecule has 1 atom stereocenters. The minimum absolute atomic E-state index is 0.212. The molecule has 62 heavy (non-hydrogen) atoms. The molecule has 0 radical (unpaired) electrons. The van der Waals surface area contributed by atoms with Gasteiger partial charge < -0.3 is 9.64 Å². The Morgan fingerprint density at radius 2 is 1.27 bits per heavy atom. The van der Waals surface area contributed by atoms with Gasteiger partial charge in [-0.05, 0) is 72.2 Å². The molecule has 8 rings (SSSR count). The van der Waals surface area contributed by atoms with Gasteiger partial charge in [0.15, 0.2) is 5.82 Å². The molecule has 1 aromatic heterocycles. The van der Waals surface area contributed by atoms with Crippen molar-refractivity contribution in [2.24, 2.45) is 5.10 Å². The van der Waals surface area contributed by atoms with Gasteiger partial charge in [0.1, 0.15) is 18.7 Å². The lowest BCUT2D eigenvalue weighted by Gasteiger charge is -2.36. The molecule has 1 aliphatic heterocycles. The first-order chi connectivity index (χ1) is 30.5. The highest BCUT2D eigenvalue weighted by Gasteiger charge is 2.44. The van der Waals surface area contributed by atoms with Crippen molar-refractivity contribution < 1.29 is 14.4 Å². The Morgan fingerprint density at radius 1 is 0.710 bits per heavy atom. The van der Waals surface area contributed by atoms with E-state index in [-0.39, 0.29) is 6.61 Å². The van der Waals surface area contributed by atoms with Gasteiger partial charge in [-0.3, -0.25) is 0 Å². The normalized spacial score (nSPS) is 13.8. The third-order valence-electron chi connectivity index (χ3n) is 11.5. The van der Waals surface area contributed by atoms with E-state index in [1.807, 2.05) is 65.3 Å². The molecule has 6 aromatic carbocycles. The highest BCUT2D eigenvalue weighted by atomic mass is 16.6. The average Bonchev–Trinajstić information content (AvgIpc) is 3.93. The van der Waals surface area contributed by atoms with E-state index in [4.69, 9.17) is 20.2 Å². The molecule has 11 heteroatoms. The second-order valence-electron chi connectivity index (χ2n) is 15.6. The molecule has 0 saturated heterocycles. The van der Waals surface area contributed by atoms with Gasteiger partial charge in [-0.2, -0.15) is 0 Å². The molecule has 1 aliphatic rings. The summed E-state index contributed by atoms with van der Waals surface area (Å²) in [6.45, 7) is 3.18. The van der Waals surface area contributed by atoms with Crippen LogP contribution in [0.1, 0.15) is 60.4 Å². The number of benzene rings is 6. The highest BCUT2D eigenvalue weighted by molar-refractivity contribution is 5.89. The Morgan fingerprint density at radius 3 is 1.87 bits per heavy atom. The van der Waals surface area contributed by atoms with E-state index in [0.717, 1.165) is 74.4 Å². The number of carbonyl (C=O) groups is 1. The standard InChI is InChI=1S/C51H51N8O3/c1-3-4-30-47-48(59(61)57(53-47)36-19-35-56(2)50(60)62-38-40-20-9-5-10-21-40)37-39-31-33-41(34-32-39)45-28-17-18-29-46(45)49-52-54-55-58(49)51(42-22-11-6-12-23-42,43-24-13-7-14-25-43)44-26-15-8-16-27-44/h5-18,20-29,31-34,48H,3-4,19,30,35-38H2,1-2H3/q+1. The molecule has 2 heterocycles. The first-order valence-electron chi connectivity index (χ1n) is 21.3. The molecule has 0 saturated carbocycles. The van der Waals surface area contributed by atoms with Crippen LogP contribution >= 0.6 is 0 Å². The molecule has 7 aromatic rings. The largest absolute Gasteiger partial charge is 0.445 e. The second-order valence-corrected chi connectivity index (χ2v) is 15.6. The van der Waals surface area contributed by atoms with Crippen molar-refractivity contribution in [1.82, 2.24) is 30.2 Å². The fraction of sp³-hybridized carbons (Fsp3) is 0.235. The van der Waals surface area contributed by atoms with E-state index in [1.54, 1.807) is 11.9 Å². The lowest BCUT2D eigenvalue weighted by molar-refractivity contribution is -0.714. The van der Waals surface area contributed by atoms with Crippen LogP contribution in [-0.2, 0) is 23.3 Å². The number of carbonyl (C=O) groups excluding carboxylic acids is 1. The third-order valence-corrected chi connectivity index (χ3v) is 11.5. The van der Waals surface area contributed by atoms with Gasteiger partial charge in [-0.25, -0.2) is 9.48 Å². The predicted molar refractivity (Wildman–Crippen MR) is 242 cm³/mol. The number of rotatable bonds is 17. The molecule has 312 valence electrons. The van der Waals surface area contributed by atoms with Crippen LogP contribution in [0.2, 0.25) is 0 Å². The minimum Gasteiger partial charge on any atom is -0.445 e. The molecule has 0 spiro atoms. The van der Waals surface area contributed by atoms with E-state index in [0.29, 0.717) is 31.8 Å². The van der Waals surface area contributed by atoms with Crippen molar-refractivity contribution in [2.75, 3.05) is 20.1 Å². The van der Waals surface area contributed by atoms with Gasteiger partial charge in [0.25, 0.3) is 0 Å². The summed E-state index contributed by atoms with van der Waals surface area (Å²) in [7, 11) is 1.71. The molecular formula is C51H51N8O3+. The summed E-state index contributed by atoms with van der Waals surface area (Å²) in [5, 5.41) is 20.2. The average molecular weight is 824 g/mol. The van der Waals surface area contributed by atoms with Crippen molar-refractivity contribution in [1.29, 1.82) is 0 Å². The Hall–Kier alpha value is -7.27. The second kappa shape index (κ2) is 19.4. The molecular weight excluding hydrogens is 773 g/mol. The van der Waals surface area contributed by atoms with Gasteiger partial charge in [0.2, 0.25) is 11.8 Å². The van der Waals surface area contributed by atoms with Gasteiger partial charge >= 0.3 is 6.09 Å². The summed E-state index contributed by atoms with van der Waals surface area (Å²) < 4.78 is 7.43. The maximum atomic E-state index is 13.8. The number of aromatic nitrogens is 4. The minimum atomic E-state index is -0.889. The maximum absolute atomic E-state index is 13.8. The van der Waals surface area contributed by atoms with Gasteiger partial charge in [0, 0.05) is 37.1 Å². The number of nitroso groups, excluding NO2 is 1. The number of hydrazone groups is 1. The lowest BCUT2D eigenvalue weighted by atomic mass is 9.77. The van der Waals surface area contributed by atoms with Crippen LogP contribution in [0.3, 0.4) is 0 Å². The molecule has 0 bridgehead atoms. The number of hydrogen-bond acceptors (Lipinski definition) is 7. The summed E-state index contributed by atoms with van der Waals surface area (Å²) >= 11 is 0. The van der Waals surface area contributed by atoms with Crippen LogP contribution in [0.15, 0.2) is 175 Å². The molecule has 1 unspecified atom stereocenters. The first kappa shape index (κ1) is 41.5. The zero-order chi connectivity index (χ0) is 42.7. The van der Waals surface area contributed by atoms with Gasteiger partial charge in [0.05, 0.1) is 4.87 Å². The molecule has 0 fully saturated rings. The Balaban J connectivity index is 1.02. The van der Waals surface area contributed by atoms with Crippen molar-refractivity contribution >= 4 is 11.8 Å². The van der Waals surface area contributed by atoms with Crippen LogP contribution in [-0.4, -0.2) is 73.1 Å². The summed E-state index contributed by atoms with van der Waals surface area (Å²) in [6, 6.07) is 57.0. The van der Waals surface area contributed by atoms with Crippen molar-refractivity contribution in [3.05, 3.63) is 203 Å². The predicted octanol–water partition coefficient (Wildman–Crippen LogP) is 9.97. The van der Waals surface area contributed by atoms with Crippen molar-refractivity contribution in [2.45, 2.75) is 57.2 Å². The van der Waals surface area contributed by atoms with E-state index in [2.05, 4.69) is 121 Å². The summed E-state index contributed by atoms with van der Waals surface area (Å²) in [4.78, 5) is 29.0. The number of tetrazole rings is 1. The van der Waals surface area contributed by atoms with Crippen molar-refractivity contribution in [3.63, 3.8) is 0 Å². The third kappa shape index (κ3) is 8.79. The number of hydrazine groups is 1. The van der Waals surface area contributed by atoms with E-state index in [1.165, 1.54) is 5.12 Å². The zero-order valence-electron chi connectivity index (χ0n) is 35.2. The number of amides is 1. The van der Waals surface area contributed by atoms with Crippen LogP contribution in [0.4, 0.5) is 4.79 Å². The maximum Gasteiger partial charge on any atom is 0.409 e. The van der Waals surface area contributed by atoms with E-state index in [9.17, 15) is 9.70 Å². The van der Waals surface area contributed by atoms with Gasteiger partial charge in [-0.15, -0.1) is 5.10 Å².